The Morgan fingerprint density at radius 3 is 2.74 bits per heavy atom. The maximum Gasteiger partial charge on any atom is 0.252 e. The number of hydrogen-bond donors (Lipinski definition) is 2. The zero-order valence-electron chi connectivity index (χ0n) is 14.3. The van der Waals surface area contributed by atoms with Crippen molar-refractivity contribution in [3.63, 3.8) is 0 Å². The molecule has 0 aliphatic heterocycles. The van der Waals surface area contributed by atoms with E-state index in [4.69, 9.17) is 4.98 Å². The van der Waals surface area contributed by atoms with Gasteiger partial charge in [-0.3, -0.25) is 4.79 Å². The van der Waals surface area contributed by atoms with Crippen LogP contribution in [0.15, 0.2) is 12.3 Å². The lowest BCUT2D eigenvalue weighted by atomic mass is 10.1. The average Bonchev–Trinajstić information content (AvgIpc) is 3.30. The predicted molar refractivity (Wildman–Crippen MR) is 90.7 cm³/mol. The number of rotatable bonds is 6. The maximum atomic E-state index is 12.6. The van der Waals surface area contributed by atoms with Crippen molar-refractivity contribution in [2.45, 2.75) is 51.6 Å². The molecular formula is C17H25N5O. The van der Waals surface area contributed by atoms with Gasteiger partial charge in [0.05, 0.1) is 17.1 Å². The van der Waals surface area contributed by atoms with E-state index in [9.17, 15) is 4.79 Å². The number of fused-ring (bicyclic) bond motifs is 1. The molecule has 0 bridgehead atoms. The first kappa shape index (κ1) is 15.9. The second-order valence-corrected chi connectivity index (χ2v) is 6.69. The number of amides is 1. The summed E-state index contributed by atoms with van der Waals surface area (Å²) in [5.74, 6) is 0.447. The third kappa shape index (κ3) is 3.22. The largest absolute Gasteiger partial charge is 0.350 e. The Morgan fingerprint density at radius 1 is 1.39 bits per heavy atom. The topological polar surface area (TPSA) is 71.8 Å². The summed E-state index contributed by atoms with van der Waals surface area (Å²) in [6.07, 6.45) is 4.08. The van der Waals surface area contributed by atoms with Crippen molar-refractivity contribution in [2.24, 2.45) is 0 Å². The summed E-state index contributed by atoms with van der Waals surface area (Å²) >= 11 is 0. The van der Waals surface area contributed by atoms with Gasteiger partial charge in [0.15, 0.2) is 5.65 Å². The smallest absolute Gasteiger partial charge is 0.252 e. The van der Waals surface area contributed by atoms with Crippen LogP contribution in [0.2, 0.25) is 0 Å². The standard InChI is InChI=1S/C17H25N5O/c1-10(2)22-16-14(9-20-22)13(7-15(21-16)12-5-6-12)17(23)19-8-11(3)18-4/h7,9-12,18H,5-6,8H2,1-4H3,(H,19,23). The Hall–Kier alpha value is -1.95. The van der Waals surface area contributed by atoms with Crippen LogP contribution in [0.3, 0.4) is 0 Å². The van der Waals surface area contributed by atoms with Crippen molar-refractivity contribution in [1.29, 1.82) is 0 Å². The molecule has 0 radical (unpaired) electrons. The number of likely N-dealkylation sites (N-methyl/N-ethyl adjacent to an activating group) is 1. The fourth-order valence-electron chi connectivity index (χ4n) is 2.63. The van der Waals surface area contributed by atoms with Crippen LogP contribution in [0.4, 0.5) is 0 Å². The molecule has 2 heterocycles. The van der Waals surface area contributed by atoms with Crippen molar-refractivity contribution in [3.05, 3.63) is 23.5 Å². The third-order valence-corrected chi connectivity index (χ3v) is 4.38. The second kappa shape index (κ2) is 6.28. The summed E-state index contributed by atoms with van der Waals surface area (Å²) in [7, 11) is 1.89. The Balaban J connectivity index is 1.99. The van der Waals surface area contributed by atoms with Gasteiger partial charge in [0.2, 0.25) is 0 Å². The van der Waals surface area contributed by atoms with Crippen LogP contribution in [0.1, 0.15) is 61.6 Å². The molecule has 0 saturated heterocycles. The van der Waals surface area contributed by atoms with Crippen LogP contribution in [0, 0.1) is 0 Å². The van der Waals surface area contributed by atoms with E-state index in [1.54, 1.807) is 6.20 Å². The van der Waals surface area contributed by atoms with Gasteiger partial charge in [0.25, 0.3) is 5.91 Å². The second-order valence-electron chi connectivity index (χ2n) is 6.69. The highest BCUT2D eigenvalue weighted by molar-refractivity contribution is 6.05. The number of hydrogen-bond acceptors (Lipinski definition) is 4. The van der Waals surface area contributed by atoms with Gasteiger partial charge in [-0.15, -0.1) is 0 Å². The fraction of sp³-hybridized carbons (Fsp3) is 0.588. The number of nitrogens with zero attached hydrogens (tertiary/aromatic N) is 3. The van der Waals surface area contributed by atoms with Crippen LogP contribution in [0.5, 0.6) is 0 Å². The number of pyridine rings is 1. The average molecular weight is 315 g/mol. The van der Waals surface area contributed by atoms with Crippen LogP contribution in [0.25, 0.3) is 11.0 Å². The molecule has 6 heteroatoms. The SMILES string of the molecule is CNC(C)CNC(=O)c1cc(C2CC2)nc2c1cnn2C(C)C. The lowest BCUT2D eigenvalue weighted by Gasteiger charge is -2.13. The molecule has 0 aromatic carbocycles. The summed E-state index contributed by atoms with van der Waals surface area (Å²) in [6.45, 7) is 6.78. The van der Waals surface area contributed by atoms with Crippen molar-refractivity contribution < 1.29 is 4.79 Å². The summed E-state index contributed by atoms with van der Waals surface area (Å²) in [5, 5.41) is 11.4. The van der Waals surface area contributed by atoms with Gasteiger partial charge in [-0.25, -0.2) is 9.67 Å². The quantitative estimate of drug-likeness (QED) is 0.857. The third-order valence-electron chi connectivity index (χ3n) is 4.38. The Morgan fingerprint density at radius 2 is 2.13 bits per heavy atom. The first-order valence-electron chi connectivity index (χ1n) is 8.35. The van der Waals surface area contributed by atoms with E-state index in [1.165, 1.54) is 0 Å². The molecular weight excluding hydrogens is 290 g/mol. The molecule has 3 rings (SSSR count). The van der Waals surface area contributed by atoms with Crippen molar-refractivity contribution >= 4 is 16.9 Å². The molecule has 1 atom stereocenters. The molecule has 1 unspecified atom stereocenters. The minimum Gasteiger partial charge on any atom is -0.350 e. The first-order chi connectivity index (χ1) is 11.0. The van der Waals surface area contributed by atoms with Gasteiger partial charge >= 0.3 is 0 Å². The number of aromatic nitrogens is 3. The van der Waals surface area contributed by atoms with Crippen LogP contribution in [-0.4, -0.2) is 40.3 Å². The van der Waals surface area contributed by atoms with Crippen LogP contribution < -0.4 is 10.6 Å². The molecule has 1 saturated carbocycles. The fourth-order valence-corrected chi connectivity index (χ4v) is 2.63. The molecule has 2 N–H and O–H groups in total. The minimum atomic E-state index is -0.0512. The Bertz CT molecular complexity index is 717. The molecule has 1 amide bonds. The van der Waals surface area contributed by atoms with E-state index >= 15 is 0 Å². The van der Waals surface area contributed by atoms with Crippen molar-refractivity contribution in [2.75, 3.05) is 13.6 Å². The van der Waals surface area contributed by atoms with E-state index in [0.29, 0.717) is 18.0 Å². The molecule has 2 aromatic rings. The van der Waals surface area contributed by atoms with Crippen molar-refractivity contribution in [1.82, 2.24) is 25.4 Å². The van der Waals surface area contributed by atoms with Gasteiger partial charge in [0, 0.05) is 30.2 Å². The summed E-state index contributed by atoms with van der Waals surface area (Å²) < 4.78 is 1.90. The molecule has 23 heavy (non-hydrogen) atoms. The normalized spacial score (nSPS) is 16.0. The molecule has 2 aromatic heterocycles. The highest BCUT2D eigenvalue weighted by atomic mass is 16.1. The lowest BCUT2D eigenvalue weighted by molar-refractivity contribution is 0.0952. The van der Waals surface area contributed by atoms with Crippen LogP contribution in [-0.2, 0) is 0 Å². The van der Waals surface area contributed by atoms with E-state index in [2.05, 4.69) is 29.6 Å². The highest BCUT2D eigenvalue weighted by Crippen LogP contribution is 2.40. The molecule has 1 aliphatic rings. The first-order valence-corrected chi connectivity index (χ1v) is 8.35. The lowest BCUT2D eigenvalue weighted by Crippen LogP contribution is -2.37. The zero-order chi connectivity index (χ0) is 16.6. The minimum absolute atomic E-state index is 0.0512. The van der Waals surface area contributed by atoms with Gasteiger partial charge < -0.3 is 10.6 Å². The molecule has 1 fully saturated rings. The number of nitrogens with one attached hydrogen (secondary N) is 2. The van der Waals surface area contributed by atoms with Gasteiger partial charge in [0.1, 0.15) is 0 Å². The van der Waals surface area contributed by atoms with E-state index in [1.807, 2.05) is 24.7 Å². The number of carbonyl (C=O) groups excluding carboxylic acids is 1. The van der Waals surface area contributed by atoms with Gasteiger partial charge in [-0.1, -0.05) is 0 Å². The maximum absolute atomic E-state index is 12.6. The van der Waals surface area contributed by atoms with E-state index < -0.39 is 0 Å². The number of carbonyl (C=O) groups is 1. The monoisotopic (exact) mass is 315 g/mol. The van der Waals surface area contributed by atoms with Crippen LogP contribution >= 0.6 is 0 Å². The Kier molecular flexibility index (Phi) is 4.35. The molecule has 124 valence electrons. The van der Waals surface area contributed by atoms with E-state index in [0.717, 1.165) is 29.6 Å². The van der Waals surface area contributed by atoms with Gasteiger partial charge in [-0.05, 0) is 46.7 Å². The van der Waals surface area contributed by atoms with Gasteiger partial charge in [-0.2, -0.15) is 5.10 Å². The summed E-state index contributed by atoms with van der Waals surface area (Å²) in [6, 6.07) is 2.40. The molecule has 1 aliphatic carbocycles. The predicted octanol–water partition coefficient (Wildman–Crippen LogP) is 2.23. The van der Waals surface area contributed by atoms with E-state index in [-0.39, 0.29) is 18.0 Å². The van der Waals surface area contributed by atoms with Crippen molar-refractivity contribution in [3.8, 4) is 0 Å². The summed E-state index contributed by atoms with van der Waals surface area (Å²) in [4.78, 5) is 17.4. The molecule has 6 nitrogen and oxygen atoms in total. The Labute approximate surface area is 136 Å². The zero-order valence-corrected chi connectivity index (χ0v) is 14.3. The summed E-state index contributed by atoms with van der Waals surface area (Å²) in [5.41, 5.74) is 2.52. The molecule has 0 spiro atoms. The highest BCUT2D eigenvalue weighted by Gasteiger charge is 2.28.